The van der Waals surface area contributed by atoms with Crippen LogP contribution in [0.25, 0.3) is 0 Å². The molecule has 0 amide bonds. The molecule has 2 aromatic heterocycles. The van der Waals surface area contributed by atoms with E-state index in [-0.39, 0.29) is 35.0 Å². The van der Waals surface area contributed by atoms with Crippen molar-refractivity contribution >= 4 is 11.6 Å². The number of nitrogens with two attached hydrogens (primary N) is 1. The fourth-order valence-electron chi connectivity index (χ4n) is 6.79. The average Bonchev–Trinajstić information content (AvgIpc) is 3.29. The van der Waals surface area contributed by atoms with Crippen LogP contribution in [0.4, 0.5) is 24.8 Å². The lowest BCUT2D eigenvalue weighted by atomic mass is 9.70. The van der Waals surface area contributed by atoms with Crippen molar-refractivity contribution in [3.05, 3.63) is 34.1 Å². The van der Waals surface area contributed by atoms with Crippen molar-refractivity contribution in [3.63, 3.8) is 0 Å². The first-order valence-corrected chi connectivity index (χ1v) is 14.5. The van der Waals surface area contributed by atoms with Gasteiger partial charge in [-0.25, -0.2) is 4.98 Å². The number of piperazine rings is 1. The van der Waals surface area contributed by atoms with E-state index in [9.17, 15) is 13.2 Å². The molecule has 11 heteroatoms. The summed E-state index contributed by atoms with van der Waals surface area (Å²) < 4.78 is 49.3. The molecule has 0 spiro atoms. The Morgan fingerprint density at radius 3 is 2.60 bits per heavy atom. The molecule has 2 unspecified atom stereocenters. The Labute approximate surface area is 234 Å². The number of fused-ring (bicyclic) bond motifs is 1. The van der Waals surface area contributed by atoms with E-state index in [1.54, 1.807) is 0 Å². The van der Waals surface area contributed by atoms with E-state index in [4.69, 9.17) is 20.4 Å². The van der Waals surface area contributed by atoms with Crippen molar-refractivity contribution in [2.45, 2.75) is 77.6 Å². The first-order chi connectivity index (χ1) is 18.9. The zero-order valence-corrected chi connectivity index (χ0v) is 24.2. The molecule has 2 saturated heterocycles. The monoisotopic (exact) mass is 561 g/mol. The number of aryl methyl sites for hydroxylation is 1. The summed E-state index contributed by atoms with van der Waals surface area (Å²) in [6, 6.07) is 2.13. The summed E-state index contributed by atoms with van der Waals surface area (Å²) in [5.74, 6) is 0.511. The van der Waals surface area contributed by atoms with E-state index in [1.165, 1.54) is 13.0 Å². The van der Waals surface area contributed by atoms with E-state index in [0.717, 1.165) is 56.1 Å². The number of anilines is 2. The molecule has 1 aliphatic carbocycles. The van der Waals surface area contributed by atoms with E-state index in [2.05, 4.69) is 47.9 Å². The summed E-state index contributed by atoms with van der Waals surface area (Å²) in [7, 11) is 2.10. The molecule has 5 rings (SSSR count). The van der Waals surface area contributed by atoms with Gasteiger partial charge in [0.1, 0.15) is 18.2 Å². The lowest BCUT2D eigenvalue weighted by Crippen LogP contribution is -2.51. The van der Waals surface area contributed by atoms with Gasteiger partial charge in [0.25, 0.3) is 0 Å². The Hall–Kier alpha value is -2.66. The van der Waals surface area contributed by atoms with E-state index in [1.807, 2.05) is 0 Å². The molecule has 0 bridgehead atoms. The Balaban J connectivity index is 1.59. The summed E-state index contributed by atoms with van der Waals surface area (Å²) >= 11 is 0. The molecule has 2 aliphatic heterocycles. The number of pyridine rings is 1. The number of alkyl halides is 3. The smallest absolute Gasteiger partial charge is 0.418 e. The van der Waals surface area contributed by atoms with Crippen LogP contribution >= 0.6 is 0 Å². The summed E-state index contributed by atoms with van der Waals surface area (Å²) in [6.07, 6.45) is -1.45. The van der Waals surface area contributed by atoms with Crippen LogP contribution in [0.2, 0.25) is 0 Å². The minimum absolute atomic E-state index is 0.0279. The normalized spacial score (nSPS) is 25.9. The highest BCUT2D eigenvalue weighted by Gasteiger charge is 2.43. The van der Waals surface area contributed by atoms with Crippen molar-refractivity contribution in [2.75, 3.05) is 50.5 Å². The number of likely N-dealkylation sites (tertiary alicyclic amines) is 1. The fraction of sp³-hybridized carbons (Fsp3) is 0.690. The van der Waals surface area contributed by atoms with Gasteiger partial charge in [0.15, 0.2) is 0 Å². The molecule has 220 valence electrons. The number of ether oxygens (including phenoxy) is 1. The van der Waals surface area contributed by atoms with Crippen LogP contribution in [0, 0.1) is 18.8 Å². The van der Waals surface area contributed by atoms with Gasteiger partial charge in [0.2, 0.25) is 0 Å². The van der Waals surface area contributed by atoms with Gasteiger partial charge in [0, 0.05) is 43.2 Å². The number of aromatic nitrogens is 3. The fourth-order valence-corrected chi connectivity index (χ4v) is 6.79. The van der Waals surface area contributed by atoms with Gasteiger partial charge in [-0.1, -0.05) is 13.8 Å². The largest absolute Gasteiger partial charge is 0.462 e. The van der Waals surface area contributed by atoms with Crippen LogP contribution in [0.5, 0.6) is 6.01 Å². The van der Waals surface area contributed by atoms with Crippen molar-refractivity contribution in [1.82, 2.24) is 25.2 Å². The quantitative estimate of drug-likeness (QED) is 0.542. The molecule has 4 heterocycles. The van der Waals surface area contributed by atoms with Gasteiger partial charge < -0.3 is 25.6 Å². The van der Waals surface area contributed by atoms with E-state index in [0.29, 0.717) is 31.5 Å². The minimum atomic E-state index is -4.53. The minimum Gasteiger partial charge on any atom is -0.462 e. The van der Waals surface area contributed by atoms with Gasteiger partial charge in [-0.05, 0) is 76.6 Å². The molecule has 3 N–H and O–H groups in total. The van der Waals surface area contributed by atoms with Crippen LogP contribution in [-0.2, 0) is 19.0 Å². The summed E-state index contributed by atoms with van der Waals surface area (Å²) in [5.41, 5.74) is 7.25. The van der Waals surface area contributed by atoms with E-state index < -0.39 is 17.7 Å². The highest BCUT2D eigenvalue weighted by Crippen LogP contribution is 2.47. The number of nitrogens with zero attached hydrogens (tertiary/aromatic N) is 5. The first-order valence-electron chi connectivity index (χ1n) is 14.5. The van der Waals surface area contributed by atoms with Gasteiger partial charge in [0.05, 0.1) is 17.0 Å². The van der Waals surface area contributed by atoms with Gasteiger partial charge in [-0.15, -0.1) is 0 Å². The van der Waals surface area contributed by atoms with Crippen molar-refractivity contribution in [2.24, 2.45) is 11.8 Å². The number of likely N-dealkylation sites (N-methyl/N-ethyl adjacent to an activating group) is 1. The highest BCUT2D eigenvalue weighted by atomic mass is 19.4. The number of rotatable bonds is 6. The van der Waals surface area contributed by atoms with Gasteiger partial charge >= 0.3 is 12.2 Å². The second kappa shape index (κ2) is 11.3. The maximum Gasteiger partial charge on any atom is 0.418 e. The maximum atomic E-state index is 14.4. The second-order valence-corrected chi connectivity index (χ2v) is 12.1. The van der Waals surface area contributed by atoms with Crippen molar-refractivity contribution < 1.29 is 17.9 Å². The summed E-state index contributed by atoms with van der Waals surface area (Å²) in [4.78, 5) is 18.7. The van der Waals surface area contributed by atoms with Gasteiger partial charge in [-0.3, -0.25) is 0 Å². The lowest BCUT2D eigenvalue weighted by molar-refractivity contribution is -0.139. The molecule has 4 atom stereocenters. The third-order valence-corrected chi connectivity index (χ3v) is 9.03. The Morgan fingerprint density at radius 1 is 1.18 bits per heavy atom. The summed E-state index contributed by atoms with van der Waals surface area (Å²) in [6.45, 7) is 11.7. The molecule has 2 fully saturated rings. The molecule has 8 nitrogen and oxygen atoms in total. The number of hydrogen-bond donors (Lipinski definition) is 2. The average molecular weight is 562 g/mol. The molecule has 0 radical (unpaired) electrons. The Bertz CT molecular complexity index is 1220. The predicted molar refractivity (Wildman–Crippen MR) is 150 cm³/mol. The van der Waals surface area contributed by atoms with Crippen molar-refractivity contribution in [3.8, 4) is 6.01 Å². The Morgan fingerprint density at radius 2 is 1.95 bits per heavy atom. The number of halogens is 3. The van der Waals surface area contributed by atoms with Crippen molar-refractivity contribution in [1.29, 1.82) is 0 Å². The molecule has 40 heavy (non-hydrogen) atoms. The number of nitrogens with one attached hydrogen (secondary N) is 1. The van der Waals surface area contributed by atoms with Crippen LogP contribution < -0.4 is 20.7 Å². The number of hydrogen-bond acceptors (Lipinski definition) is 8. The maximum absolute atomic E-state index is 14.4. The van der Waals surface area contributed by atoms with Crippen LogP contribution in [-0.4, -0.2) is 71.8 Å². The zero-order valence-electron chi connectivity index (χ0n) is 24.2. The molecular weight excluding hydrogens is 519 g/mol. The molecule has 2 aromatic rings. The molecular formula is C29H42F3N7O. The third-order valence-electron chi connectivity index (χ3n) is 9.03. The lowest BCUT2D eigenvalue weighted by Gasteiger charge is -2.40. The molecule has 0 aromatic carbocycles. The third kappa shape index (κ3) is 5.72. The topological polar surface area (TPSA) is 92.4 Å². The molecule has 3 aliphatic rings. The second-order valence-electron chi connectivity index (χ2n) is 12.1. The zero-order chi connectivity index (χ0) is 28.8. The van der Waals surface area contributed by atoms with Gasteiger partial charge in [-0.2, -0.15) is 23.1 Å². The highest BCUT2D eigenvalue weighted by molar-refractivity contribution is 5.54. The predicted octanol–water partition coefficient (Wildman–Crippen LogP) is 4.21. The molecule has 0 saturated carbocycles. The van der Waals surface area contributed by atoms with E-state index >= 15 is 0 Å². The number of nitrogen functional groups attached to an aromatic ring is 1. The van der Waals surface area contributed by atoms with Crippen LogP contribution in [0.3, 0.4) is 0 Å². The first kappa shape index (κ1) is 28.9. The van der Waals surface area contributed by atoms with Crippen LogP contribution in [0.15, 0.2) is 6.07 Å². The SMILES string of the molecule is Cc1cc(N)nc(C2Cc3nc(OC[C@@H]4CCCN4C)nc(N4CCNC[C@@H]4C)c3CC2C(C)C)c1C(F)(F)F. The van der Waals surface area contributed by atoms with Crippen LogP contribution in [0.1, 0.15) is 67.6 Å². The Kier molecular flexibility index (Phi) is 8.16. The summed E-state index contributed by atoms with van der Waals surface area (Å²) in [5, 5.41) is 3.43. The standard InChI is InChI=1S/C29H42F3N7O/c1-16(2)20-12-22-23(13-21(20)26-25(29(30,31)32)17(3)11-24(33)36-26)35-28(40-15-19-7-6-9-38(19)5)37-27(22)39-10-8-34-14-18(39)4/h11,16,18-21,34H,6-10,12-15H2,1-5H3,(H2,33,36)/t18-,19-,20?,21?/m0/s1.